The molecule has 2 bridgehead atoms. The molecule has 5 aliphatic rings. The van der Waals surface area contributed by atoms with E-state index in [0.717, 1.165) is 37.7 Å². The lowest BCUT2D eigenvalue weighted by atomic mass is 9.86. The molecule has 0 unspecified atom stereocenters. The molecular weight excluding hydrogens is 1160 g/mol. The average Bonchev–Trinajstić information content (AvgIpc) is 4.22. The Balaban J connectivity index is 1.19. The van der Waals surface area contributed by atoms with Gasteiger partial charge in [-0.25, -0.2) is 0 Å². The molecule has 0 spiro atoms. The fourth-order valence-corrected chi connectivity index (χ4v) is 12.7. The van der Waals surface area contributed by atoms with E-state index in [-0.39, 0.29) is 121 Å². The maximum absolute atomic E-state index is 14.6. The highest BCUT2D eigenvalue weighted by Crippen LogP contribution is 2.34. The molecule has 1 fully saturated rings. The summed E-state index contributed by atoms with van der Waals surface area (Å²) in [6.07, 6.45) is 7.67. The van der Waals surface area contributed by atoms with E-state index in [1.165, 1.54) is 31.4 Å². The Kier molecular flexibility index (Phi) is 26.7. The molecule has 22 nitrogen and oxygen atoms in total. The van der Waals surface area contributed by atoms with Crippen LogP contribution in [-0.4, -0.2) is 169 Å². The van der Waals surface area contributed by atoms with Gasteiger partial charge in [-0.2, -0.15) is 11.8 Å². The maximum Gasteiger partial charge on any atom is 0.251 e. The Morgan fingerprint density at radius 2 is 1.06 bits per heavy atom. The average molecular weight is 1250 g/mol. The zero-order valence-electron chi connectivity index (χ0n) is 52.8. The van der Waals surface area contributed by atoms with Crippen molar-refractivity contribution in [3.05, 3.63) is 82.9 Å². The van der Waals surface area contributed by atoms with Gasteiger partial charge in [0.25, 0.3) is 5.91 Å². The minimum atomic E-state index is -0.719. The number of rotatable bonds is 15. The van der Waals surface area contributed by atoms with E-state index in [1.54, 1.807) is 48.5 Å². The third kappa shape index (κ3) is 22.5. The Morgan fingerprint density at radius 3 is 1.55 bits per heavy atom. The van der Waals surface area contributed by atoms with Crippen molar-refractivity contribution < 1.29 is 62.1 Å². The van der Waals surface area contributed by atoms with E-state index in [4.69, 9.17) is 24.7 Å². The second kappa shape index (κ2) is 34.4. The second-order valence-electron chi connectivity index (χ2n) is 24.9. The van der Waals surface area contributed by atoms with Crippen LogP contribution in [0.25, 0.3) is 0 Å². The summed E-state index contributed by atoms with van der Waals surface area (Å²) in [4.78, 5) is 133. The number of nitrogens with one attached hydrogen (secondary N) is 4. The minimum Gasteiger partial charge on any atom is -0.454 e. The summed E-state index contributed by atoms with van der Waals surface area (Å²) in [5, 5.41) is 12.3. The third-order valence-electron chi connectivity index (χ3n) is 16.5. The SMILES string of the molecule is CC[C@H]1CN(C(=O)CCC2CCCCC2)CC(=O)N[C@@H](CC)CN(C(=O)Cc2ccc3c(c2)OCO3)CC(=O)N[C@@H](CC(C)C)CN(CC(N)=O)C(=O)CCSCc2ccc(cc2)C(=O)N[C@@H](CC(C)C)CN(C(=O)Cc2ccc3c(c2)OCO3)CC(=O)N1. The van der Waals surface area contributed by atoms with Crippen LogP contribution in [0.4, 0.5) is 0 Å². The van der Waals surface area contributed by atoms with Crippen molar-refractivity contribution in [1.82, 2.24) is 40.9 Å². The van der Waals surface area contributed by atoms with E-state index in [2.05, 4.69) is 21.3 Å². The van der Waals surface area contributed by atoms with Crippen molar-refractivity contribution in [3.63, 3.8) is 0 Å². The summed E-state index contributed by atoms with van der Waals surface area (Å²) in [6, 6.07) is 15.0. The Hall–Kier alpha value is -7.56. The lowest BCUT2D eigenvalue weighted by molar-refractivity contribution is -0.138. The molecule has 0 radical (unpaired) electrons. The van der Waals surface area contributed by atoms with E-state index in [0.29, 0.717) is 89.2 Å². The molecule has 1 aliphatic carbocycles. The van der Waals surface area contributed by atoms with Crippen molar-refractivity contribution in [2.75, 3.05) is 71.7 Å². The van der Waals surface area contributed by atoms with E-state index < -0.39 is 60.2 Å². The third-order valence-corrected chi connectivity index (χ3v) is 17.5. The van der Waals surface area contributed by atoms with Crippen LogP contribution < -0.4 is 45.9 Å². The van der Waals surface area contributed by atoms with Gasteiger partial charge in [0.05, 0.1) is 39.0 Å². The number of ether oxygens (including phenoxy) is 4. The van der Waals surface area contributed by atoms with Crippen molar-refractivity contribution in [1.29, 1.82) is 0 Å². The van der Waals surface area contributed by atoms with E-state index in [9.17, 15) is 43.2 Å². The van der Waals surface area contributed by atoms with Gasteiger partial charge >= 0.3 is 0 Å². The van der Waals surface area contributed by atoms with E-state index in [1.807, 2.05) is 53.7 Å². The number of benzene rings is 3. The highest BCUT2D eigenvalue weighted by Gasteiger charge is 2.31. The van der Waals surface area contributed by atoms with Gasteiger partial charge in [0.1, 0.15) is 0 Å². The number of nitrogens with two attached hydrogens (primary N) is 1. The number of hydrogen-bond donors (Lipinski definition) is 5. The van der Waals surface area contributed by atoms with Gasteiger partial charge in [-0.15, -0.1) is 0 Å². The standard InChI is InChI=1S/C66H93N9O13S/c1-7-50-32-73(62(80)23-18-45-12-10-9-11-13-45)37-59(77)69-51(8-2)33-74(64(82)30-47-16-21-54-56(28-47)87-41-85-54)39-61(79)70-52(26-43(3)4)34-72(36-58(67)76)63(81)24-25-89-40-46-14-19-49(20-15-46)66(84)71-53(27-44(5)6)35-75(38-60(78)68-50)65(83)31-48-17-22-55-57(29-48)88-42-86-55/h14-17,19-22,28-29,43-45,50-53H,7-13,18,23-27,30-42H2,1-6H3,(H2,67,76)(H,68,78)(H,69,77)(H,70,79)(H,71,84)/t50-,51-,52-,53-/m0/s1. The summed E-state index contributed by atoms with van der Waals surface area (Å²) >= 11 is 1.50. The van der Waals surface area contributed by atoms with Crippen LogP contribution in [0.5, 0.6) is 23.0 Å². The van der Waals surface area contributed by atoms with Gasteiger partial charge < -0.3 is 65.5 Å². The summed E-state index contributed by atoms with van der Waals surface area (Å²) in [7, 11) is 0. The molecule has 4 aliphatic heterocycles. The number of carbonyl (C=O) groups excluding carboxylic acids is 9. The molecule has 3 aromatic rings. The Morgan fingerprint density at radius 1 is 0.584 bits per heavy atom. The quantitative estimate of drug-likeness (QED) is 0.111. The number of carbonyl (C=O) groups is 9. The first kappa shape index (κ1) is 68.9. The van der Waals surface area contributed by atoms with Crippen molar-refractivity contribution in [2.45, 2.75) is 161 Å². The summed E-state index contributed by atoms with van der Waals surface area (Å²) in [6.45, 7) is 10.1. The summed E-state index contributed by atoms with van der Waals surface area (Å²) < 4.78 is 22.2. The van der Waals surface area contributed by atoms with E-state index >= 15 is 0 Å². The van der Waals surface area contributed by atoms with Crippen molar-refractivity contribution in [3.8, 4) is 23.0 Å². The maximum atomic E-state index is 14.6. The van der Waals surface area contributed by atoms with Crippen LogP contribution in [0.15, 0.2) is 60.7 Å². The van der Waals surface area contributed by atoms with Crippen LogP contribution in [0.3, 0.4) is 0 Å². The second-order valence-corrected chi connectivity index (χ2v) is 26.0. The fourth-order valence-electron chi connectivity index (χ4n) is 11.8. The zero-order valence-corrected chi connectivity index (χ0v) is 53.6. The molecule has 3 aromatic carbocycles. The molecule has 8 rings (SSSR count). The normalized spacial score (nSPS) is 21.0. The van der Waals surface area contributed by atoms with Crippen molar-refractivity contribution in [2.24, 2.45) is 23.5 Å². The lowest BCUT2D eigenvalue weighted by Gasteiger charge is -2.32. The smallest absolute Gasteiger partial charge is 0.251 e. The summed E-state index contributed by atoms with van der Waals surface area (Å²) in [5.74, 6) is -0.520. The molecule has 23 heteroatoms. The molecule has 486 valence electrons. The minimum absolute atomic E-state index is 0.00311. The number of amides is 9. The number of primary amides is 1. The molecule has 4 atom stereocenters. The molecule has 9 amide bonds. The Bertz CT molecular complexity index is 2920. The zero-order chi connectivity index (χ0) is 64.0. The molecule has 6 N–H and O–H groups in total. The highest BCUT2D eigenvalue weighted by molar-refractivity contribution is 7.98. The first-order valence-corrected chi connectivity index (χ1v) is 32.9. The van der Waals surface area contributed by atoms with Gasteiger partial charge in [-0.05, 0) is 103 Å². The largest absolute Gasteiger partial charge is 0.454 e. The van der Waals surface area contributed by atoms with Crippen LogP contribution in [-0.2, 0) is 57.0 Å². The predicted molar refractivity (Wildman–Crippen MR) is 338 cm³/mol. The fraction of sp³-hybridized carbons (Fsp3) is 0.591. The van der Waals surface area contributed by atoms with Crippen LogP contribution in [0.2, 0.25) is 0 Å². The highest BCUT2D eigenvalue weighted by atomic mass is 32.2. The molecule has 89 heavy (non-hydrogen) atoms. The number of fused-ring (bicyclic) bond motifs is 31. The van der Waals surface area contributed by atoms with Gasteiger partial charge in [0.15, 0.2) is 23.0 Å². The first-order valence-electron chi connectivity index (χ1n) is 31.7. The monoisotopic (exact) mass is 1250 g/mol. The van der Waals surface area contributed by atoms with Gasteiger partial charge in [0, 0.05) is 80.3 Å². The van der Waals surface area contributed by atoms with Crippen LogP contribution in [0.1, 0.15) is 146 Å². The van der Waals surface area contributed by atoms with Gasteiger partial charge in [-0.3, -0.25) is 43.2 Å². The molecule has 4 heterocycles. The molecule has 0 saturated heterocycles. The van der Waals surface area contributed by atoms with Gasteiger partial charge in [0.2, 0.25) is 60.8 Å². The number of thioether (sulfide) groups is 1. The van der Waals surface area contributed by atoms with Crippen LogP contribution >= 0.6 is 11.8 Å². The Labute approximate surface area is 528 Å². The topological polar surface area (TPSA) is 278 Å². The molecular formula is C66H93N9O13S. The molecule has 1 saturated carbocycles. The lowest BCUT2D eigenvalue weighted by Crippen LogP contribution is -2.54. The number of nitrogens with zero attached hydrogens (tertiary/aromatic N) is 4. The molecule has 0 aromatic heterocycles. The van der Waals surface area contributed by atoms with Crippen LogP contribution in [0, 0.1) is 17.8 Å². The van der Waals surface area contributed by atoms with Gasteiger partial charge in [-0.1, -0.05) is 97.9 Å². The summed E-state index contributed by atoms with van der Waals surface area (Å²) in [5.41, 5.74) is 8.23. The first-order chi connectivity index (χ1) is 42.7. The number of hydrogen-bond acceptors (Lipinski definition) is 14. The van der Waals surface area contributed by atoms with Crippen molar-refractivity contribution >= 4 is 64.9 Å². The predicted octanol–water partition coefficient (Wildman–Crippen LogP) is 5.89.